The van der Waals surface area contributed by atoms with E-state index in [9.17, 15) is 4.79 Å². The second kappa shape index (κ2) is 9.13. The summed E-state index contributed by atoms with van der Waals surface area (Å²) in [5.74, 6) is 1.99. The molecule has 2 rings (SSSR count). The zero-order chi connectivity index (χ0) is 19.1. The van der Waals surface area contributed by atoms with Crippen molar-refractivity contribution in [1.82, 2.24) is 0 Å². The molecule has 1 amide bonds. The molecule has 5 heteroatoms. The van der Waals surface area contributed by atoms with Gasteiger partial charge in [0.15, 0.2) is 11.5 Å². The van der Waals surface area contributed by atoms with Gasteiger partial charge in [0.2, 0.25) is 11.7 Å². The number of hydrogen-bond donors (Lipinski definition) is 1. The largest absolute Gasteiger partial charge is 0.493 e. The number of carbonyl (C=O) groups is 1. The third-order valence-electron chi connectivity index (χ3n) is 4.47. The monoisotopic (exact) mass is 357 g/mol. The summed E-state index contributed by atoms with van der Waals surface area (Å²) in [4.78, 5) is 12.4. The number of amides is 1. The van der Waals surface area contributed by atoms with Crippen LogP contribution in [0.4, 0.5) is 5.69 Å². The van der Waals surface area contributed by atoms with Crippen molar-refractivity contribution in [3.63, 3.8) is 0 Å². The zero-order valence-corrected chi connectivity index (χ0v) is 16.1. The molecule has 0 aliphatic heterocycles. The number of hydrogen-bond acceptors (Lipinski definition) is 4. The van der Waals surface area contributed by atoms with Crippen LogP contribution >= 0.6 is 0 Å². The highest BCUT2D eigenvalue weighted by atomic mass is 16.5. The Balaban J connectivity index is 2.10. The first-order valence-electron chi connectivity index (χ1n) is 8.71. The highest BCUT2D eigenvalue weighted by molar-refractivity contribution is 5.92. The summed E-state index contributed by atoms with van der Waals surface area (Å²) in [5, 5.41) is 2.93. The Hall–Kier alpha value is -2.69. The predicted molar refractivity (Wildman–Crippen MR) is 104 cm³/mol. The molecule has 0 unspecified atom stereocenters. The lowest BCUT2D eigenvalue weighted by Gasteiger charge is -2.14. The van der Waals surface area contributed by atoms with E-state index in [0.717, 1.165) is 17.7 Å². The zero-order valence-electron chi connectivity index (χ0n) is 16.1. The van der Waals surface area contributed by atoms with Gasteiger partial charge in [0.1, 0.15) is 0 Å². The molecule has 140 valence electrons. The highest BCUT2D eigenvalue weighted by Gasteiger charge is 2.15. The first-order chi connectivity index (χ1) is 12.5. The quantitative estimate of drug-likeness (QED) is 0.760. The molecule has 0 fully saturated rings. The first kappa shape index (κ1) is 19.6. The maximum Gasteiger partial charge on any atom is 0.228 e. The van der Waals surface area contributed by atoms with Gasteiger partial charge in [-0.2, -0.15) is 0 Å². The van der Waals surface area contributed by atoms with E-state index in [-0.39, 0.29) is 12.3 Å². The second-order valence-corrected chi connectivity index (χ2v) is 6.19. The van der Waals surface area contributed by atoms with E-state index < -0.39 is 0 Å². The van der Waals surface area contributed by atoms with E-state index >= 15 is 0 Å². The van der Waals surface area contributed by atoms with Crippen LogP contribution in [0.2, 0.25) is 0 Å². The maximum absolute atomic E-state index is 12.4. The number of benzene rings is 2. The molecular formula is C21H27NO4. The number of methoxy groups -OCH3 is 3. The minimum absolute atomic E-state index is 0.101. The van der Waals surface area contributed by atoms with Gasteiger partial charge in [0.25, 0.3) is 0 Å². The van der Waals surface area contributed by atoms with E-state index in [1.165, 1.54) is 5.56 Å². The number of rotatable bonds is 8. The fourth-order valence-corrected chi connectivity index (χ4v) is 2.76. The molecule has 1 atom stereocenters. The molecule has 0 bridgehead atoms. The van der Waals surface area contributed by atoms with Crippen LogP contribution in [0.25, 0.3) is 0 Å². The van der Waals surface area contributed by atoms with Crippen LogP contribution in [0.1, 0.15) is 37.3 Å². The molecule has 0 heterocycles. The predicted octanol–water partition coefficient (Wildman–Crippen LogP) is 4.41. The number of nitrogens with one attached hydrogen (secondary N) is 1. The summed E-state index contributed by atoms with van der Waals surface area (Å²) in [7, 11) is 4.66. The molecule has 0 saturated carbocycles. The van der Waals surface area contributed by atoms with Crippen LogP contribution in [0.15, 0.2) is 36.4 Å². The Bertz CT molecular complexity index is 715. The van der Waals surface area contributed by atoms with Crippen molar-refractivity contribution in [3.8, 4) is 17.2 Å². The molecule has 2 aromatic carbocycles. The van der Waals surface area contributed by atoms with E-state index in [0.29, 0.717) is 23.2 Å². The topological polar surface area (TPSA) is 56.8 Å². The lowest BCUT2D eigenvalue weighted by molar-refractivity contribution is -0.115. The maximum atomic E-state index is 12.4. The number of ether oxygens (including phenoxy) is 3. The highest BCUT2D eigenvalue weighted by Crippen LogP contribution is 2.38. The molecule has 26 heavy (non-hydrogen) atoms. The van der Waals surface area contributed by atoms with Crippen LogP contribution in [-0.2, 0) is 11.2 Å². The van der Waals surface area contributed by atoms with Gasteiger partial charge in [0, 0.05) is 5.69 Å². The molecular weight excluding hydrogens is 330 g/mol. The average Bonchev–Trinajstić information content (AvgIpc) is 2.66. The molecule has 0 aliphatic carbocycles. The Morgan fingerprint density at radius 3 is 2.04 bits per heavy atom. The van der Waals surface area contributed by atoms with Crippen molar-refractivity contribution in [1.29, 1.82) is 0 Å². The van der Waals surface area contributed by atoms with E-state index in [1.54, 1.807) is 33.5 Å². The average molecular weight is 357 g/mol. The van der Waals surface area contributed by atoms with E-state index in [1.807, 2.05) is 12.1 Å². The van der Waals surface area contributed by atoms with Crippen molar-refractivity contribution in [2.45, 2.75) is 32.6 Å². The summed E-state index contributed by atoms with van der Waals surface area (Å²) in [5.41, 5.74) is 2.85. The van der Waals surface area contributed by atoms with Crippen molar-refractivity contribution in [2.75, 3.05) is 26.6 Å². The lowest BCUT2D eigenvalue weighted by Crippen LogP contribution is -2.14. The minimum Gasteiger partial charge on any atom is -0.493 e. The minimum atomic E-state index is -0.101. The van der Waals surface area contributed by atoms with Gasteiger partial charge in [-0.15, -0.1) is 0 Å². The number of anilines is 1. The van der Waals surface area contributed by atoms with Gasteiger partial charge < -0.3 is 19.5 Å². The van der Waals surface area contributed by atoms with Gasteiger partial charge in [-0.1, -0.05) is 26.0 Å². The van der Waals surface area contributed by atoms with Gasteiger partial charge in [-0.05, 0) is 47.7 Å². The first-order valence-corrected chi connectivity index (χ1v) is 8.71. The standard InChI is InChI=1S/C21H27NO4/c1-6-14(2)16-7-9-17(10-8-16)22-20(23)13-15-11-18(24-3)21(26-5)19(12-15)25-4/h7-12,14H,6,13H2,1-5H3,(H,22,23)/t14-/m1/s1. The van der Waals surface area contributed by atoms with Gasteiger partial charge in [0.05, 0.1) is 27.8 Å². The Morgan fingerprint density at radius 2 is 1.58 bits per heavy atom. The van der Waals surface area contributed by atoms with Crippen LogP contribution < -0.4 is 19.5 Å². The fourth-order valence-electron chi connectivity index (χ4n) is 2.76. The van der Waals surface area contributed by atoms with Gasteiger partial charge in [-0.3, -0.25) is 4.79 Å². The van der Waals surface area contributed by atoms with Crippen LogP contribution in [0.3, 0.4) is 0 Å². The number of carbonyl (C=O) groups excluding carboxylic acids is 1. The Kier molecular flexibility index (Phi) is 6.89. The fraction of sp³-hybridized carbons (Fsp3) is 0.381. The summed E-state index contributed by atoms with van der Waals surface area (Å²) >= 11 is 0. The van der Waals surface area contributed by atoms with E-state index in [4.69, 9.17) is 14.2 Å². The molecule has 0 radical (unpaired) electrons. The molecule has 5 nitrogen and oxygen atoms in total. The van der Waals surface area contributed by atoms with Crippen molar-refractivity contribution < 1.29 is 19.0 Å². The molecule has 0 aromatic heterocycles. The van der Waals surface area contributed by atoms with Crippen molar-refractivity contribution in [3.05, 3.63) is 47.5 Å². The van der Waals surface area contributed by atoms with Crippen molar-refractivity contribution >= 4 is 11.6 Å². The third kappa shape index (κ3) is 4.69. The molecule has 0 saturated heterocycles. The lowest BCUT2D eigenvalue weighted by atomic mass is 9.98. The van der Waals surface area contributed by atoms with Gasteiger partial charge >= 0.3 is 0 Å². The summed E-state index contributed by atoms with van der Waals surface area (Å²) in [6.45, 7) is 4.36. The summed E-state index contributed by atoms with van der Waals surface area (Å²) < 4.78 is 16.0. The summed E-state index contributed by atoms with van der Waals surface area (Å²) in [6, 6.07) is 11.6. The van der Waals surface area contributed by atoms with Crippen LogP contribution in [-0.4, -0.2) is 27.2 Å². The Labute approximate surface area is 155 Å². The van der Waals surface area contributed by atoms with Crippen LogP contribution in [0.5, 0.6) is 17.2 Å². The molecule has 0 aliphatic rings. The molecule has 2 aromatic rings. The Morgan fingerprint density at radius 1 is 1.00 bits per heavy atom. The second-order valence-electron chi connectivity index (χ2n) is 6.19. The third-order valence-corrected chi connectivity index (χ3v) is 4.47. The normalized spacial score (nSPS) is 11.6. The molecule has 0 spiro atoms. The van der Waals surface area contributed by atoms with Gasteiger partial charge in [-0.25, -0.2) is 0 Å². The smallest absolute Gasteiger partial charge is 0.228 e. The van der Waals surface area contributed by atoms with Crippen molar-refractivity contribution in [2.24, 2.45) is 0 Å². The molecule has 1 N–H and O–H groups in total. The van der Waals surface area contributed by atoms with Crippen LogP contribution in [0, 0.1) is 0 Å². The summed E-state index contributed by atoms with van der Waals surface area (Å²) in [6.07, 6.45) is 1.30. The SMILES string of the molecule is CC[C@@H](C)c1ccc(NC(=O)Cc2cc(OC)c(OC)c(OC)c2)cc1. The van der Waals surface area contributed by atoms with E-state index in [2.05, 4.69) is 31.3 Å².